The maximum Gasteiger partial charge on any atom is 0.319 e. The fraction of sp³-hybridized carbons (Fsp3) is 0.0667. The Morgan fingerprint density at radius 1 is 1.19 bits per heavy atom. The predicted octanol–water partition coefficient (Wildman–Crippen LogP) is 3.26. The van der Waals surface area contributed by atoms with E-state index in [0.29, 0.717) is 12.2 Å². The van der Waals surface area contributed by atoms with E-state index in [0.717, 1.165) is 10.6 Å². The van der Waals surface area contributed by atoms with Gasteiger partial charge in [0, 0.05) is 17.3 Å². The molecule has 21 heavy (non-hydrogen) atoms. The van der Waals surface area contributed by atoms with Crippen LogP contribution in [0.2, 0.25) is 0 Å². The standard InChI is InChI=1S/C15H14N4OS/c20-15(16-11-12-5-3-10-21-12)18-13-6-1-2-7-14(13)19-9-4-8-17-19/h1-10H,11H2,(H2,16,18,20). The van der Waals surface area contributed by atoms with Gasteiger partial charge in [0.25, 0.3) is 0 Å². The molecule has 0 atom stereocenters. The van der Waals surface area contributed by atoms with Gasteiger partial charge in [0.1, 0.15) is 0 Å². The van der Waals surface area contributed by atoms with Gasteiger partial charge in [-0.2, -0.15) is 5.10 Å². The Kier molecular flexibility index (Phi) is 3.97. The van der Waals surface area contributed by atoms with Crippen molar-refractivity contribution < 1.29 is 4.79 Å². The minimum Gasteiger partial charge on any atom is -0.333 e. The number of aromatic nitrogens is 2. The van der Waals surface area contributed by atoms with Gasteiger partial charge in [0.2, 0.25) is 0 Å². The van der Waals surface area contributed by atoms with Crippen LogP contribution >= 0.6 is 11.3 Å². The third-order valence-corrected chi connectivity index (χ3v) is 3.78. The summed E-state index contributed by atoms with van der Waals surface area (Å²) in [6, 6.07) is 13.1. The van der Waals surface area contributed by atoms with E-state index in [1.807, 2.05) is 54.0 Å². The summed E-state index contributed by atoms with van der Waals surface area (Å²) in [6.07, 6.45) is 3.54. The van der Waals surface area contributed by atoms with Crippen molar-refractivity contribution in [1.29, 1.82) is 0 Å². The van der Waals surface area contributed by atoms with E-state index in [4.69, 9.17) is 0 Å². The molecule has 0 saturated carbocycles. The van der Waals surface area contributed by atoms with Crippen LogP contribution in [0, 0.1) is 0 Å². The Morgan fingerprint density at radius 2 is 2.10 bits per heavy atom. The van der Waals surface area contributed by atoms with Crippen molar-refractivity contribution in [3.05, 3.63) is 65.1 Å². The summed E-state index contributed by atoms with van der Waals surface area (Å²) in [5.74, 6) is 0. The Labute approximate surface area is 126 Å². The Morgan fingerprint density at radius 3 is 2.86 bits per heavy atom. The molecular weight excluding hydrogens is 284 g/mol. The quantitative estimate of drug-likeness (QED) is 0.776. The lowest BCUT2D eigenvalue weighted by atomic mass is 10.2. The molecule has 0 bridgehead atoms. The molecule has 5 nitrogen and oxygen atoms in total. The number of nitrogens with zero attached hydrogens (tertiary/aromatic N) is 2. The third kappa shape index (κ3) is 3.29. The van der Waals surface area contributed by atoms with Crippen LogP contribution in [0.5, 0.6) is 0 Å². The van der Waals surface area contributed by atoms with E-state index in [1.165, 1.54) is 0 Å². The number of para-hydroxylation sites is 2. The normalized spacial score (nSPS) is 10.3. The van der Waals surface area contributed by atoms with Crippen LogP contribution in [0.1, 0.15) is 4.88 Å². The summed E-state index contributed by atoms with van der Waals surface area (Å²) >= 11 is 1.62. The summed E-state index contributed by atoms with van der Waals surface area (Å²) in [4.78, 5) is 13.1. The molecule has 0 unspecified atom stereocenters. The molecule has 3 aromatic rings. The zero-order valence-electron chi connectivity index (χ0n) is 11.2. The second-order valence-corrected chi connectivity index (χ2v) is 5.39. The van der Waals surface area contributed by atoms with E-state index < -0.39 is 0 Å². The average Bonchev–Trinajstić information content (AvgIpc) is 3.19. The first-order valence-corrected chi connectivity index (χ1v) is 7.37. The topological polar surface area (TPSA) is 59.0 Å². The number of nitrogens with one attached hydrogen (secondary N) is 2. The van der Waals surface area contributed by atoms with Crippen molar-refractivity contribution in [3.63, 3.8) is 0 Å². The summed E-state index contributed by atoms with van der Waals surface area (Å²) in [5, 5.41) is 11.9. The molecule has 1 aromatic carbocycles. The number of hydrogen-bond donors (Lipinski definition) is 2. The Bertz CT molecular complexity index is 707. The zero-order valence-corrected chi connectivity index (χ0v) is 12.0. The number of hydrogen-bond acceptors (Lipinski definition) is 3. The first kappa shape index (κ1) is 13.4. The fourth-order valence-corrected chi connectivity index (χ4v) is 2.58. The highest BCUT2D eigenvalue weighted by atomic mass is 32.1. The maximum atomic E-state index is 12.0. The van der Waals surface area contributed by atoms with Gasteiger partial charge in [-0.05, 0) is 29.6 Å². The van der Waals surface area contributed by atoms with Crippen LogP contribution in [0.3, 0.4) is 0 Å². The van der Waals surface area contributed by atoms with Crippen molar-refractivity contribution in [3.8, 4) is 5.69 Å². The van der Waals surface area contributed by atoms with Crippen molar-refractivity contribution in [2.45, 2.75) is 6.54 Å². The molecule has 2 aromatic heterocycles. The molecule has 3 rings (SSSR count). The largest absolute Gasteiger partial charge is 0.333 e. The number of anilines is 1. The lowest BCUT2D eigenvalue weighted by molar-refractivity contribution is 0.252. The highest BCUT2D eigenvalue weighted by Gasteiger charge is 2.07. The molecule has 0 fully saturated rings. The van der Waals surface area contributed by atoms with E-state index >= 15 is 0 Å². The smallest absolute Gasteiger partial charge is 0.319 e. The molecule has 0 aliphatic heterocycles. The summed E-state index contributed by atoms with van der Waals surface area (Å²) in [6.45, 7) is 0.521. The highest BCUT2D eigenvalue weighted by molar-refractivity contribution is 7.09. The number of rotatable bonds is 4. The van der Waals surface area contributed by atoms with Gasteiger partial charge in [-0.15, -0.1) is 11.3 Å². The second kappa shape index (κ2) is 6.23. The molecule has 2 amide bonds. The van der Waals surface area contributed by atoms with Crippen LogP contribution in [-0.4, -0.2) is 15.8 Å². The minimum atomic E-state index is -0.233. The highest BCUT2D eigenvalue weighted by Crippen LogP contribution is 2.18. The van der Waals surface area contributed by atoms with Crippen LogP contribution in [0.15, 0.2) is 60.2 Å². The number of thiophene rings is 1. The van der Waals surface area contributed by atoms with Gasteiger partial charge in [-0.3, -0.25) is 0 Å². The van der Waals surface area contributed by atoms with Gasteiger partial charge in [0.15, 0.2) is 0 Å². The van der Waals surface area contributed by atoms with Crippen molar-refractivity contribution in [1.82, 2.24) is 15.1 Å². The lowest BCUT2D eigenvalue weighted by Gasteiger charge is -2.11. The fourth-order valence-electron chi connectivity index (χ4n) is 1.94. The first-order valence-electron chi connectivity index (χ1n) is 6.49. The molecule has 0 spiro atoms. The predicted molar refractivity (Wildman–Crippen MR) is 83.7 cm³/mol. The first-order chi connectivity index (χ1) is 10.3. The molecule has 0 radical (unpaired) electrons. The average molecular weight is 298 g/mol. The molecule has 0 aliphatic carbocycles. The van der Waals surface area contributed by atoms with Crippen LogP contribution < -0.4 is 10.6 Å². The van der Waals surface area contributed by atoms with E-state index in [9.17, 15) is 4.79 Å². The Balaban J connectivity index is 1.69. The van der Waals surface area contributed by atoms with Gasteiger partial charge >= 0.3 is 6.03 Å². The van der Waals surface area contributed by atoms with Crippen molar-refractivity contribution in [2.24, 2.45) is 0 Å². The number of carbonyl (C=O) groups is 1. The van der Waals surface area contributed by atoms with Crippen LogP contribution in [0.25, 0.3) is 5.69 Å². The van der Waals surface area contributed by atoms with Crippen molar-refractivity contribution in [2.75, 3.05) is 5.32 Å². The van der Waals surface area contributed by atoms with Gasteiger partial charge in [0.05, 0.1) is 17.9 Å². The van der Waals surface area contributed by atoms with Crippen LogP contribution in [-0.2, 0) is 6.54 Å². The SMILES string of the molecule is O=C(NCc1cccs1)Nc1ccccc1-n1cccn1. The van der Waals surface area contributed by atoms with Crippen LogP contribution in [0.4, 0.5) is 10.5 Å². The van der Waals surface area contributed by atoms with Crippen molar-refractivity contribution >= 4 is 23.1 Å². The molecule has 2 N–H and O–H groups in total. The van der Waals surface area contributed by atoms with E-state index in [-0.39, 0.29) is 6.03 Å². The number of carbonyl (C=O) groups excluding carboxylic acids is 1. The summed E-state index contributed by atoms with van der Waals surface area (Å²) in [7, 11) is 0. The van der Waals surface area contributed by atoms with E-state index in [1.54, 1.807) is 22.2 Å². The number of urea groups is 1. The lowest BCUT2D eigenvalue weighted by Crippen LogP contribution is -2.28. The van der Waals surface area contributed by atoms with Gasteiger partial charge in [-0.1, -0.05) is 18.2 Å². The maximum absolute atomic E-state index is 12.0. The number of amides is 2. The second-order valence-electron chi connectivity index (χ2n) is 4.35. The molecule has 6 heteroatoms. The minimum absolute atomic E-state index is 0.233. The molecule has 2 heterocycles. The summed E-state index contributed by atoms with van der Waals surface area (Å²) in [5.41, 5.74) is 1.54. The monoisotopic (exact) mass is 298 g/mol. The molecule has 106 valence electrons. The molecular formula is C15H14N4OS. The summed E-state index contributed by atoms with van der Waals surface area (Å²) < 4.78 is 1.72. The Hall–Kier alpha value is -2.60. The van der Waals surface area contributed by atoms with Gasteiger partial charge < -0.3 is 10.6 Å². The number of benzene rings is 1. The zero-order chi connectivity index (χ0) is 14.5. The van der Waals surface area contributed by atoms with E-state index in [2.05, 4.69) is 15.7 Å². The third-order valence-electron chi connectivity index (χ3n) is 2.91. The van der Waals surface area contributed by atoms with Gasteiger partial charge in [-0.25, -0.2) is 9.48 Å². The molecule has 0 aliphatic rings. The molecule has 0 saturated heterocycles.